The van der Waals surface area contributed by atoms with Crippen LogP contribution in [0.1, 0.15) is 243 Å². The topological polar surface area (TPSA) is 316 Å². The van der Waals surface area contributed by atoms with Crippen molar-refractivity contribution in [1.82, 2.24) is 0 Å². The number of carbonyl (C=O) groups excluding carboxylic acids is 4. The Kier molecular flexibility index (Phi) is 25.1. The molecule has 0 aliphatic heterocycles. The molecule has 0 spiro atoms. The Labute approximate surface area is 822 Å². The number of aryl methyl sites for hydroxylation is 4. The first kappa shape index (κ1) is 96.6. The van der Waals surface area contributed by atoms with Gasteiger partial charge in [-0.2, -0.15) is 33.7 Å². The zero-order valence-electron chi connectivity index (χ0n) is 81.4. The van der Waals surface area contributed by atoms with Gasteiger partial charge in [0.1, 0.15) is 75.9 Å². The van der Waals surface area contributed by atoms with E-state index in [1.54, 1.807) is 48.5 Å². The SMILES string of the molecule is COC(=O)C12CC3CC(C1)CC(c1cc4c(OCCOS(=O)(=O)c5ccc(C)cc5)c(c1)Cc1cc(C56CC7CC(CC(C(=O)OC)(C7)C5)C6)cc(c1OCCOS(=O)(=O)c1ccc(C)cc1)Cc1cc(C56CC7CC(CC(C(=O)OC)(C7)C5)C6)cc(c1OCCOS(=O)(=O)c1ccc(C)cc1)Cc1cc(C56CC7CC(CC(C(=O)OC)(C7)C5)C6)cc(c1OCCOS(=O)(=O)c1ccc(C)cc1)C4)(C3)C2. The zero-order chi connectivity index (χ0) is 97.7. The predicted molar refractivity (Wildman–Crippen MR) is 519 cm³/mol. The Morgan fingerprint density at radius 1 is 0.250 bits per heavy atom. The van der Waals surface area contributed by atoms with E-state index in [1.807, 2.05) is 27.7 Å². The fourth-order valence-corrected chi connectivity index (χ4v) is 34.9. The van der Waals surface area contributed by atoms with Gasteiger partial charge in [-0.05, 0) is 366 Å². The van der Waals surface area contributed by atoms with Crippen LogP contribution in [0.4, 0.5) is 0 Å². The second-order valence-electron chi connectivity index (χ2n) is 45.0. The van der Waals surface area contributed by atoms with Crippen LogP contribution < -0.4 is 18.9 Å². The molecule has 8 unspecified atom stereocenters. The van der Waals surface area contributed by atoms with Crippen LogP contribution in [0.5, 0.6) is 23.0 Å². The summed E-state index contributed by atoms with van der Waals surface area (Å²) < 4.78 is 194. The van der Waals surface area contributed by atoms with Gasteiger partial charge in [-0.15, -0.1) is 0 Å². The number of rotatable bonds is 32. The minimum atomic E-state index is -4.40. The fourth-order valence-electron chi connectivity index (χ4n) is 31.3. The summed E-state index contributed by atoms with van der Waals surface area (Å²) >= 11 is 0. The van der Waals surface area contributed by atoms with Crippen molar-refractivity contribution in [1.29, 1.82) is 0 Å². The molecule has 24 bridgehead atoms. The van der Waals surface area contributed by atoms with Gasteiger partial charge in [0, 0.05) is 25.7 Å². The molecule has 0 N–H and O–H groups in total. The molecule has 0 saturated heterocycles. The Hall–Kier alpha value is -9.52. The lowest BCUT2D eigenvalue weighted by Gasteiger charge is -2.61. The lowest BCUT2D eigenvalue weighted by atomic mass is 9.42. The van der Waals surface area contributed by atoms with Crippen molar-refractivity contribution in [2.75, 3.05) is 81.3 Å². The third kappa shape index (κ3) is 17.8. The number of hydrogen-bond acceptors (Lipinski definition) is 24. The molecule has 8 aromatic rings. The molecule has 8 atom stereocenters. The van der Waals surface area contributed by atoms with E-state index in [2.05, 4.69) is 48.5 Å². The highest BCUT2D eigenvalue weighted by molar-refractivity contribution is 7.87. The summed E-state index contributed by atoms with van der Waals surface area (Å²) in [7, 11) is -11.7. The number of hydrogen-bond donors (Lipinski definition) is 0. The first-order valence-corrected chi connectivity index (χ1v) is 55.9. The van der Waals surface area contributed by atoms with Crippen LogP contribution in [0.25, 0.3) is 0 Å². The molecule has 16 saturated carbocycles. The molecule has 744 valence electrons. The van der Waals surface area contributed by atoms with Crippen LogP contribution in [-0.4, -0.2) is 139 Å². The van der Waals surface area contributed by atoms with Gasteiger partial charge in [0.05, 0.1) is 69.7 Å². The summed E-state index contributed by atoms with van der Waals surface area (Å²) in [4.78, 5) is 59.7. The summed E-state index contributed by atoms with van der Waals surface area (Å²) in [6, 6.07) is 43.5. The molecule has 0 radical (unpaired) electrons. The van der Waals surface area contributed by atoms with E-state index in [4.69, 9.17) is 54.6 Å². The van der Waals surface area contributed by atoms with Gasteiger partial charge in [0.15, 0.2) is 0 Å². The molecule has 0 aromatic heterocycles. The maximum Gasteiger partial charge on any atom is 0.311 e. The molecular formula is C112H128O24S4. The lowest BCUT2D eigenvalue weighted by molar-refractivity contribution is -0.171. The average Bonchev–Trinajstić information content (AvgIpc) is 0.706. The highest BCUT2D eigenvalue weighted by atomic mass is 32.2. The molecule has 17 aliphatic carbocycles. The van der Waals surface area contributed by atoms with Crippen LogP contribution in [0, 0.1) is 96.7 Å². The normalized spacial score (nSPS) is 30.1. The van der Waals surface area contributed by atoms with Crippen molar-refractivity contribution in [2.24, 2.45) is 69.0 Å². The standard InChI is InChI=1S/C112H128O24S4/c1-69-9-17-93(18-10-69)137(117,118)133-29-25-129-97-81-37-83-43-90(106-51-75-34-76(52-106)60-110(59-75,66-106)102(114)126-6)45-85(98(83)130-26-30-134-138(119,120)94-19-11-70(2)12-20-94)39-87-47-92(108-55-79-36-80(56-108)64-112(63-79,68-108)104(116)128-8)48-88(100(87)132-28-32-136-140(123,124)96-23-15-72(4)16-24-96)40-86-46-91(107-53-77-35-78(54-107)62-111(61-77,67-107)103(115)127-7)44-84(99(86)131-27-31-135-139(121,122)95-21-13-71(3)14-22-95)38-82(97)42-89(41-81)105-49-73-33-74(50-105)58-109(57-73,65-105)101(113)125-5/h9-24,41-48,73-80H,25-40,49-68H2,1-8H3. The van der Waals surface area contributed by atoms with Crippen molar-refractivity contribution in [3.05, 3.63) is 235 Å². The molecule has 25 rings (SSSR count). The van der Waals surface area contributed by atoms with Gasteiger partial charge in [-0.3, -0.25) is 35.9 Å². The molecule has 0 heterocycles. The lowest BCUT2D eigenvalue weighted by Crippen LogP contribution is -2.57. The van der Waals surface area contributed by atoms with Crippen molar-refractivity contribution < 1.29 is 107 Å². The van der Waals surface area contributed by atoms with E-state index < -0.39 is 110 Å². The molecule has 8 aromatic carbocycles. The van der Waals surface area contributed by atoms with E-state index in [0.29, 0.717) is 145 Å². The van der Waals surface area contributed by atoms with Crippen molar-refractivity contribution in [3.63, 3.8) is 0 Å². The quantitative estimate of drug-likeness (QED) is 0.0164. The fraction of sp³-hybridized carbons (Fsp3) is 0.536. The molecule has 140 heavy (non-hydrogen) atoms. The predicted octanol–water partition coefficient (Wildman–Crippen LogP) is 18.8. The molecule has 24 nitrogen and oxygen atoms in total. The van der Waals surface area contributed by atoms with Gasteiger partial charge in [-0.1, -0.05) is 119 Å². The molecule has 17 aliphatic rings. The number of methoxy groups -OCH3 is 4. The van der Waals surface area contributed by atoms with Crippen LogP contribution in [-0.2, 0) is 143 Å². The summed E-state index contributed by atoms with van der Waals surface area (Å²) in [5.74, 6) is 1.69. The minimum absolute atomic E-state index is 0.0133. The molecule has 28 heteroatoms. The summed E-state index contributed by atoms with van der Waals surface area (Å²) in [6.07, 6.45) is 17.0. The summed E-state index contributed by atoms with van der Waals surface area (Å²) in [5, 5.41) is 0. The Bertz CT molecular complexity index is 5770. The van der Waals surface area contributed by atoms with Gasteiger partial charge in [0.2, 0.25) is 0 Å². The van der Waals surface area contributed by atoms with Crippen molar-refractivity contribution in [3.8, 4) is 23.0 Å². The molecule has 0 amide bonds. The number of ether oxygens (including phenoxy) is 8. The third-order valence-electron chi connectivity index (χ3n) is 35.2. The average molecular weight is 1990 g/mol. The largest absolute Gasteiger partial charge is 0.491 e. The Morgan fingerprint density at radius 2 is 0.414 bits per heavy atom. The number of esters is 4. The second-order valence-corrected chi connectivity index (χ2v) is 51.5. The first-order valence-electron chi connectivity index (χ1n) is 50.2. The van der Waals surface area contributed by atoms with Gasteiger partial charge in [0.25, 0.3) is 40.5 Å². The maximum absolute atomic E-state index is 15.0. The zero-order valence-corrected chi connectivity index (χ0v) is 84.6. The number of fused-ring (bicyclic) bond motifs is 8. The van der Waals surface area contributed by atoms with Crippen LogP contribution >= 0.6 is 0 Å². The van der Waals surface area contributed by atoms with Crippen molar-refractivity contribution >= 4 is 64.3 Å². The van der Waals surface area contributed by atoms with E-state index in [-0.39, 0.29) is 143 Å². The smallest absolute Gasteiger partial charge is 0.311 e. The van der Waals surface area contributed by atoms with E-state index >= 15 is 0 Å². The second kappa shape index (κ2) is 36.4. The summed E-state index contributed by atoms with van der Waals surface area (Å²) in [5.41, 5.74) is 6.45. The van der Waals surface area contributed by atoms with Gasteiger partial charge < -0.3 is 37.9 Å². The van der Waals surface area contributed by atoms with Crippen LogP contribution in [0.15, 0.2) is 165 Å². The highest BCUT2D eigenvalue weighted by Crippen LogP contribution is 2.72. The van der Waals surface area contributed by atoms with E-state index in [1.165, 1.54) is 77.0 Å². The van der Waals surface area contributed by atoms with Crippen molar-refractivity contribution in [2.45, 2.75) is 249 Å². The highest BCUT2D eigenvalue weighted by Gasteiger charge is 2.67. The van der Waals surface area contributed by atoms with Gasteiger partial charge in [-0.25, -0.2) is 0 Å². The Morgan fingerprint density at radius 3 is 0.571 bits per heavy atom. The number of benzene rings is 8. The van der Waals surface area contributed by atoms with Crippen LogP contribution in [0.3, 0.4) is 0 Å². The third-order valence-corrected chi connectivity index (χ3v) is 40.5. The maximum atomic E-state index is 15.0. The van der Waals surface area contributed by atoms with Crippen LogP contribution in [0.2, 0.25) is 0 Å². The molecular weight excluding hydrogens is 1860 g/mol. The molecule has 16 fully saturated rings. The number of carbonyl (C=O) groups is 4. The van der Waals surface area contributed by atoms with E-state index in [0.717, 1.165) is 122 Å². The van der Waals surface area contributed by atoms with Gasteiger partial charge >= 0.3 is 23.9 Å². The Balaban J connectivity index is 0.838. The van der Waals surface area contributed by atoms with E-state index in [9.17, 15) is 52.8 Å². The first-order chi connectivity index (χ1) is 66.9. The summed E-state index contributed by atoms with van der Waals surface area (Å²) in [6.45, 7) is 4.41. The monoisotopic (exact) mass is 1980 g/mol. The minimum Gasteiger partial charge on any atom is -0.491 e.